The molecule has 0 spiro atoms. The molecule has 13 heavy (non-hydrogen) atoms. The Bertz CT molecular complexity index is 180. The molecule has 3 heteroatoms. The third-order valence-electron chi connectivity index (χ3n) is 1.19. The SMILES string of the molecule is CC(=O)C(C)=O.CC(=O)CC(C)C. The lowest BCUT2D eigenvalue weighted by atomic mass is 10.1. The van der Waals surface area contributed by atoms with E-state index in [0.717, 1.165) is 6.42 Å². The van der Waals surface area contributed by atoms with E-state index in [2.05, 4.69) is 0 Å². The van der Waals surface area contributed by atoms with Gasteiger partial charge in [0.25, 0.3) is 0 Å². The van der Waals surface area contributed by atoms with Crippen LogP contribution in [0.2, 0.25) is 0 Å². The van der Waals surface area contributed by atoms with E-state index in [1.807, 2.05) is 13.8 Å². The fourth-order valence-corrected chi connectivity index (χ4v) is 0.575. The second-order valence-electron chi connectivity index (χ2n) is 3.41. The molecule has 0 aliphatic heterocycles. The zero-order valence-electron chi connectivity index (χ0n) is 9.01. The van der Waals surface area contributed by atoms with Crippen molar-refractivity contribution in [2.45, 2.75) is 41.0 Å². The zero-order valence-corrected chi connectivity index (χ0v) is 9.01. The van der Waals surface area contributed by atoms with Gasteiger partial charge in [-0.1, -0.05) is 13.8 Å². The third kappa shape index (κ3) is 18.2. The second-order valence-corrected chi connectivity index (χ2v) is 3.41. The molecular weight excluding hydrogens is 168 g/mol. The number of ketones is 3. The molecule has 0 radical (unpaired) electrons. The largest absolute Gasteiger partial charge is 0.300 e. The van der Waals surface area contributed by atoms with Crippen LogP contribution in [0.15, 0.2) is 0 Å². The van der Waals surface area contributed by atoms with Crippen molar-refractivity contribution in [3.63, 3.8) is 0 Å². The summed E-state index contributed by atoms with van der Waals surface area (Å²) in [5, 5.41) is 0. The van der Waals surface area contributed by atoms with Crippen LogP contribution in [0.5, 0.6) is 0 Å². The zero-order chi connectivity index (χ0) is 11.0. The Hall–Kier alpha value is -0.990. The number of carbonyl (C=O) groups is 3. The molecule has 3 nitrogen and oxygen atoms in total. The van der Waals surface area contributed by atoms with Gasteiger partial charge in [0.2, 0.25) is 0 Å². The van der Waals surface area contributed by atoms with E-state index >= 15 is 0 Å². The first-order valence-corrected chi connectivity index (χ1v) is 4.28. The van der Waals surface area contributed by atoms with Crippen molar-refractivity contribution in [1.29, 1.82) is 0 Å². The molecule has 0 fully saturated rings. The van der Waals surface area contributed by atoms with Crippen molar-refractivity contribution in [3.8, 4) is 0 Å². The molecule has 0 bridgehead atoms. The summed E-state index contributed by atoms with van der Waals surface area (Å²) in [6.07, 6.45) is 0.722. The van der Waals surface area contributed by atoms with Crippen LogP contribution < -0.4 is 0 Å². The van der Waals surface area contributed by atoms with Crippen LogP contribution in [0.4, 0.5) is 0 Å². The maximum absolute atomic E-state index is 10.3. The third-order valence-corrected chi connectivity index (χ3v) is 1.19. The number of rotatable bonds is 3. The number of carbonyl (C=O) groups excluding carboxylic acids is 3. The van der Waals surface area contributed by atoms with Crippen molar-refractivity contribution in [2.75, 3.05) is 0 Å². The molecule has 0 aromatic heterocycles. The average molecular weight is 186 g/mol. The topological polar surface area (TPSA) is 51.2 Å². The predicted molar refractivity (Wildman–Crippen MR) is 51.5 cm³/mol. The number of Topliss-reactive ketones (excluding diaryl/α,β-unsaturated/α-hetero) is 3. The maximum atomic E-state index is 10.3. The lowest BCUT2D eigenvalue weighted by molar-refractivity contribution is -0.134. The molecular formula is C10H18O3. The summed E-state index contributed by atoms with van der Waals surface area (Å²) in [6.45, 7) is 8.22. The summed E-state index contributed by atoms with van der Waals surface area (Å²) in [5.74, 6) is 0.0532. The van der Waals surface area contributed by atoms with Crippen molar-refractivity contribution < 1.29 is 14.4 Å². The highest BCUT2D eigenvalue weighted by atomic mass is 16.2. The Kier molecular flexibility index (Phi) is 8.55. The van der Waals surface area contributed by atoms with Gasteiger partial charge >= 0.3 is 0 Å². The molecule has 0 atom stereocenters. The summed E-state index contributed by atoms with van der Waals surface area (Å²) >= 11 is 0. The highest BCUT2D eigenvalue weighted by Crippen LogP contribution is 1.97. The van der Waals surface area contributed by atoms with Crippen LogP contribution in [0.25, 0.3) is 0 Å². The standard InChI is InChI=1S/C6H12O.C4H6O2/c1-5(2)4-6(3)7;1-3(5)4(2)6/h5H,4H2,1-3H3;1-2H3. The van der Waals surface area contributed by atoms with Crippen molar-refractivity contribution >= 4 is 17.3 Å². The number of hydrogen-bond acceptors (Lipinski definition) is 3. The highest BCUT2D eigenvalue weighted by Gasteiger charge is 1.95. The molecule has 0 saturated carbocycles. The fraction of sp³-hybridized carbons (Fsp3) is 0.700. The Morgan fingerprint density at radius 1 is 0.923 bits per heavy atom. The molecule has 0 N–H and O–H groups in total. The molecule has 0 aromatic rings. The van der Waals surface area contributed by atoms with Gasteiger partial charge in [-0.3, -0.25) is 9.59 Å². The van der Waals surface area contributed by atoms with Crippen LogP contribution >= 0.6 is 0 Å². The first-order chi connectivity index (χ1) is 5.77. The monoisotopic (exact) mass is 186 g/mol. The minimum Gasteiger partial charge on any atom is -0.300 e. The lowest BCUT2D eigenvalue weighted by Crippen LogP contribution is -2.01. The molecule has 0 unspecified atom stereocenters. The van der Waals surface area contributed by atoms with Crippen LogP contribution in [0.3, 0.4) is 0 Å². The van der Waals surface area contributed by atoms with Crippen LogP contribution in [0.1, 0.15) is 41.0 Å². The normalized spacial score (nSPS) is 8.77. The summed E-state index contributed by atoms with van der Waals surface area (Å²) in [6, 6.07) is 0. The van der Waals surface area contributed by atoms with Gasteiger partial charge in [-0.25, -0.2) is 0 Å². The predicted octanol–water partition coefficient (Wildman–Crippen LogP) is 1.79. The Morgan fingerprint density at radius 3 is 1.23 bits per heavy atom. The molecule has 0 amide bonds. The molecule has 0 rings (SSSR count). The van der Waals surface area contributed by atoms with Crippen LogP contribution in [0, 0.1) is 5.92 Å². The Labute approximate surface area is 79.5 Å². The van der Waals surface area contributed by atoms with Gasteiger partial charge in [-0.05, 0) is 12.8 Å². The van der Waals surface area contributed by atoms with E-state index in [9.17, 15) is 14.4 Å². The quantitative estimate of drug-likeness (QED) is 0.631. The molecule has 0 aromatic carbocycles. The first-order valence-electron chi connectivity index (χ1n) is 4.28. The lowest BCUT2D eigenvalue weighted by Gasteiger charge is -1.95. The van der Waals surface area contributed by atoms with Gasteiger partial charge in [0.15, 0.2) is 11.6 Å². The summed E-state index contributed by atoms with van der Waals surface area (Å²) < 4.78 is 0. The van der Waals surface area contributed by atoms with Gasteiger partial charge < -0.3 is 4.79 Å². The Balaban J connectivity index is 0. The van der Waals surface area contributed by atoms with E-state index in [4.69, 9.17) is 0 Å². The van der Waals surface area contributed by atoms with Gasteiger partial charge in [0.1, 0.15) is 5.78 Å². The van der Waals surface area contributed by atoms with E-state index < -0.39 is 0 Å². The van der Waals surface area contributed by atoms with Gasteiger partial charge in [-0.2, -0.15) is 0 Å². The molecule has 76 valence electrons. The van der Waals surface area contributed by atoms with Crippen molar-refractivity contribution in [2.24, 2.45) is 5.92 Å². The van der Waals surface area contributed by atoms with Gasteiger partial charge in [0.05, 0.1) is 0 Å². The number of hydrogen-bond donors (Lipinski definition) is 0. The second kappa shape index (κ2) is 7.65. The van der Waals surface area contributed by atoms with Crippen molar-refractivity contribution in [1.82, 2.24) is 0 Å². The minimum absolute atomic E-state index is 0.287. The summed E-state index contributed by atoms with van der Waals surface area (Å²) in [7, 11) is 0. The molecule has 0 saturated heterocycles. The molecule has 0 aliphatic rings. The van der Waals surface area contributed by atoms with Gasteiger partial charge in [-0.15, -0.1) is 0 Å². The van der Waals surface area contributed by atoms with Crippen LogP contribution in [-0.2, 0) is 14.4 Å². The van der Waals surface area contributed by atoms with Crippen molar-refractivity contribution in [3.05, 3.63) is 0 Å². The van der Waals surface area contributed by atoms with E-state index in [1.54, 1.807) is 6.92 Å². The minimum atomic E-state index is -0.380. The van der Waals surface area contributed by atoms with Gasteiger partial charge in [0, 0.05) is 20.3 Å². The molecule has 0 heterocycles. The van der Waals surface area contributed by atoms with E-state index in [0.29, 0.717) is 5.92 Å². The average Bonchev–Trinajstić information content (AvgIpc) is 1.84. The first kappa shape index (κ1) is 14.5. The van der Waals surface area contributed by atoms with E-state index in [1.165, 1.54) is 13.8 Å². The summed E-state index contributed by atoms with van der Waals surface area (Å²) in [4.78, 5) is 29.8. The Morgan fingerprint density at radius 2 is 1.23 bits per heavy atom. The molecule has 0 aliphatic carbocycles. The maximum Gasteiger partial charge on any atom is 0.195 e. The summed E-state index contributed by atoms with van der Waals surface area (Å²) in [5.41, 5.74) is 0. The highest BCUT2D eigenvalue weighted by molar-refractivity contribution is 6.35. The van der Waals surface area contributed by atoms with Crippen LogP contribution in [-0.4, -0.2) is 17.3 Å². The fourth-order valence-electron chi connectivity index (χ4n) is 0.575. The smallest absolute Gasteiger partial charge is 0.195 e. The van der Waals surface area contributed by atoms with E-state index in [-0.39, 0.29) is 17.3 Å².